The third-order valence-electron chi connectivity index (χ3n) is 5.03. The summed E-state index contributed by atoms with van der Waals surface area (Å²) in [6, 6.07) is 8.83. The van der Waals surface area contributed by atoms with Crippen LogP contribution >= 0.6 is 15.9 Å². The van der Waals surface area contributed by atoms with Crippen LogP contribution in [0.3, 0.4) is 0 Å². The highest BCUT2D eigenvalue weighted by molar-refractivity contribution is 9.10. The Kier molecular flexibility index (Phi) is 6.95. The maximum Gasteiger partial charge on any atom is 0.191 e. The van der Waals surface area contributed by atoms with Crippen LogP contribution in [0.15, 0.2) is 33.7 Å². The second-order valence-electron chi connectivity index (χ2n) is 7.35. The lowest BCUT2D eigenvalue weighted by atomic mass is 9.96. The van der Waals surface area contributed by atoms with E-state index in [1.54, 1.807) is 0 Å². The van der Waals surface area contributed by atoms with E-state index in [2.05, 4.69) is 64.7 Å². The van der Waals surface area contributed by atoms with Gasteiger partial charge in [0.05, 0.1) is 25.9 Å². The first-order valence-corrected chi connectivity index (χ1v) is 10.4. The molecule has 1 heterocycles. The second-order valence-corrected chi connectivity index (χ2v) is 8.27. The van der Waals surface area contributed by atoms with Crippen LogP contribution in [0, 0.1) is 0 Å². The highest BCUT2D eigenvalue weighted by Crippen LogP contribution is 2.48. The van der Waals surface area contributed by atoms with E-state index < -0.39 is 0 Å². The molecule has 0 bridgehead atoms. The van der Waals surface area contributed by atoms with E-state index in [4.69, 9.17) is 14.5 Å². The van der Waals surface area contributed by atoms with Crippen molar-refractivity contribution < 1.29 is 9.47 Å². The zero-order valence-electron chi connectivity index (χ0n) is 15.8. The first-order chi connectivity index (χ1) is 12.6. The largest absolute Gasteiger partial charge is 0.379 e. The van der Waals surface area contributed by atoms with E-state index in [1.807, 2.05) is 0 Å². The molecule has 0 radical (unpaired) electrons. The normalized spacial score (nSPS) is 22.9. The van der Waals surface area contributed by atoms with Crippen LogP contribution in [-0.4, -0.2) is 51.0 Å². The Labute approximate surface area is 165 Å². The van der Waals surface area contributed by atoms with Gasteiger partial charge in [0.15, 0.2) is 5.96 Å². The number of hydrogen-bond donors (Lipinski definition) is 2. The number of nitrogens with zero attached hydrogens (tertiary/aromatic N) is 1. The summed E-state index contributed by atoms with van der Waals surface area (Å²) in [5.41, 5.74) is 1.58. The van der Waals surface area contributed by atoms with Gasteiger partial charge in [0.2, 0.25) is 0 Å². The van der Waals surface area contributed by atoms with E-state index in [0.29, 0.717) is 6.61 Å². The number of rotatable bonds is 8. The van der Waals surface area contributed by atoms with Crippen LogP contribution in [0.2, 0.25) is 0 Å². The second kappa shape index (κ2) is 9.20. The molecule has 2 fully saturated rings. The van der Waals surface area contributed by atoms with Gasteiger partial charge in [-0.1, -0.05) is 28.1 Å². The fourth-order valence-corrected chi connectivity index (χ4v) is 3.66. The lowest BCUT2D eigenvalue weighted by Crippen LogP contribution is -2.45. The van der Waals surface area contributed by atoms with Gasteiger partial charge in [0.25, 0.3) is 0 Å². The SMILES string of the molecule is CCNC(=NCC1(c2cccc(Br)c2)CC1)NC(C)COC1CCOC1. The summed E-state index contributed by atoms with van der Waals surface area (Å²) in [6.45, 7) is 8.07. The predicted octanol–water partition coefficient (Wildman–Crippen LogP) is 3.23. The van der Waals surface area contributed by atoms with Gasteiger partial charge in [0.1, 0.15) is 0 Å². The van der Waals surface area contributed by atoms with Gasteiger partial charge in [-0.3, -0.25) is 4.99 Å². The average molecular weight is 424 g/mol. The quantitative estimate of drug-likeness (QED) is 0.497. The molecule has 2 aliphatic rings. The van der Waals surface area contributed by atoms with Gasteiger partial charge >= 0.3 is 0 Å². The van der Waals surface area contributed by atoms with Crippen molar-refractivity contribution >= 4 is 21.9 Å². The van der Waals surface area contributed by atoms with E-state index in [0.717, 1.165) is 43.2 Å². The van der Waals surface area contributed by atoms with E-state index >= 15 is 0 Å². The lowest BCUT2D eigenvalue weighted by Gasteiger charge is -2.21. The molecule has 1 aromatic rings. The molecule has 1 saturated heterocycles. The number of guanidine groups is 1. The molecule has 1 saturated carbocycles. The number of hydrogen-bond acceptors (Lipinski definition) is 3. The molecule has 1 aliphatic carbocycles. The molecule has 144 valence electrons. The Morgan fingerprint density at radius 3 is 2.96 bits per heavy atom. The fraction of sp³-hybridized carbons (Fsp3) is 0.650. The highest BCUT2D eigenvalue weighted by Gasteiger charge is 2.44. The van der Waals surface area contributed by atoms with E-state index in [9.17, 15) is 0 Å². The summed E-state index contributed by atoms with van der Waals surface area (Å²) in [7, 11) is 0. The first-order valence-electron chi connectivity index (χ1n) is 9.61. The van der Waals surface area contributed by atoms with Crippen molar-refractivity contribution in [2.45, 2.75) is 50.7 Å². The molecular formula is C20H30BrN3O2. The Morgan fingerprint density at radius 1 is 1.46 bits per heavy atom. The summed E-state index contributed by atoms with van der Waals surface area (Å²) in [4.78, 5) is 4.87. The zero-order chi connectivity index (χ0) is 18.4. The van der Waals surface area contributed by atoms with Crippen molar-refractivity contribution in [2.75, 3.05) is 32.9 Å². The van der Waals surface area contributed by atoms with Crippen LogP contribution in [0.25, 0.3) is 0 Å². The minimum Gasteiger partial charge on any atom is -0.379 e. The van der Waals surface area contributed by atoms with Crippen LogP contribution < -0.4 is 10.6 Å². The molecule has 1 aromatic carbocycles. The van der Waals surface area contributed by atoms with Gasteiger partial charge in [-0.2, -0.15) is 0 Å². The fourth-order valence-electron chi connectivity index (χ4n) is 3.26. The Bertz CT molecular complexity index is 613. The predicted molar refractivity (Wildman–Crippen MR) is 109 cm³/mol. The molecule has 1 aliphatic heterocycles. The third kappa shape index (κ3) is 5.44. The van der Waals surface area contributed by atoms with Crippen LogP contribution in [0.4, 0.5) is 0 Å². The molecule has 2 unspecified atom stereocenters. The molecule has 2 N–H and O–H groups in total. The van der Waals surface area contributed by atoms with Crippen molar-refractivity contribution in [3.8, 4) is 0 Å². The van der Waals surface area contributed by atoms with Crippen molar-refractivity contribution in [3.63, 3.8) is 0 Å². The van der Waals surface area contributed by atoms with Crippen LogP contribution in [-0.2, 0) is 14.9 Å². The smallest absolute Gasteiger partial charge is 0.191 e. The molecule has 5 nitrogen and oxygen atoms in total. The monoisotopic (exact) mass is 423 g/mol. The molecule has 26 heavy (non-hydrogen) atoms. The Hall–Kier alpha value is -1.11. The van der Waals surface area contributed by atoms with Gasteiger partial charge in [-0.05, 0) is 50.8 Å². The van der Waals surface area contributed by atoms with Gasteiger partial charge in [0, 0.05) is 29.1 Å². The molecule has 0 amide bonds. The number of ether oxygens (including phenoxy) is 2. The molecule has 0 spiro atoms. The number of benzene rings is 1. The topological polar surface area (TPSA) is 54.9 Å². The first kappa shape index (κ1) is 19.6. The standard InChI is InChI=1S/C20H30BrN3O2/c1-3-22-19(24-15(2)12-26-18-7-10-25-13-18)23-14-20(8-9-20)16-5-4-6-17(21)11-16/h4-6,11,15,18H,3,7-10,12-14H2,1-2H3,(H2,22,23,24). The Balaban J connectivity index is 1.54. The average Bonchev–Trinajstić information content (AvgIpc) is 3.24. The number of nitrogens with one attached hydrogen (secondary N) is 2. The summed E-state index contributed by atoms with van der Waals surface area (Å²) in [5.74, 6) is 0.868. The Morgan fingerprint density at radius 2 is 2.31 bits per heavy atom. The van der Waals surface area contributed by atoms with E-state index in [1.165, 1.54) is 18.4 Å². The molecular weight excluding hydrogens is 394 g/mol. The molecule has 3 rings (SSSR count). The van der Waals surface area contributed by atoms with Crippen LogP contribution in [0.5, 0.6) is 0 Å². The highest BCUT2D eigenvalue weighted by atomic mass is 79.9. The molecule has 2 atom stereocenters. The molecule has 6 heteroatoms. The minimum absolute atomic E-state index is 0.201. The van der Waals surface area contributed by atoms with Crippen molar-refractivity contribution in [1.29, 1.82) is 0 Å². The van der Waals surface area contributed by atoms with Gasteiger partial charge in [-0.25, -0.2) is 0 Å². The third-order valence-corrected chi connectivity index (χ3v) is 5.52. The number of aliphatic imine (C=N–C) groups is 1. The van der Waals surface area contributed by atoms with Gasteiger partial charge < -0.3 is 20.1 Å². The summed E-state index contributed by atoms with van der Waals surface area (Å²) in [5, 5.41) is 6.82. The molecule has 0 aromatic heterocycles. The van der Waals surface area contributed by atoms with Crippen LogP contribution in [0.1, 0.15) is 38.7 Å². The maximum absolute atomic E-state index is 5.91. The maximum atomic E-state index is 5.91. The lowest BCUT2D eigenvalue weighted by molar-refractivity contribution is 0.0347. The zero-order valence-corrected chi connectivity index (χ0v) is 17.3. The van der Waals surface area contributed by atoms with E-state index in [-0.39, 0.29) is 17.6 Å². The summed E-state index contributed by atoms with van der Waals surface area (Å²) >= 11 is 3.58. The number of halogens is 1. The van der Waals surface area contributed by atoms with Gasteiger partial charge in [-0.15, -0.1) is 0 Å². The summed E-state index contributed by atoms with van der Waals surface area (Å²) < 4.78 is 12.4. The van der Waals surface area contributed by atoms with Crippen molar-refractivity contribution in [2.24, 2.45) is 4.99 Å². The van der Waals surface area contributed by atoms with Crippen molar-refractivity contribution in [1.82, 2.24) is 10.6 Å². The minimum atomic E-state index is 0.201. The summed E-state index contributed by atoms with van der Waals surface area (Å²) in [6.07, 6.45) is 3.64. The van der Waals surface area contributed by atoms with Crippen molar-refractivity contribution in [3.05, 3.63) is 34.3 Å².